The fourth-order valence-corrected chi connectivity index (χ4v) is 9.00. The van der Waals surface area contributed by atoms with E-state index in [1.54, 1.807) is 7.11 Å². The molecule has 214 valence electrons. The highest BCUT2D eigenvalue weighted by Crippen LogP contribution is 2.55. The van der Waals surface area contributed by atoms with Crippen molar-refractivity contribution < 1.29 is 14.3 Å². The normalized spacial score (nSPS) is 24.2. The van der Waals surface area contributed by atoms with Gasteiger partial charge in [-0.25, -0.2) is 0 Å². The van der Waals surface area contributed by atoms with Crippen molar-refractivity contribution in [3.05, 3.63) is 95.6 Å². The Hall–Kier alpha value is -4.62. The number of hydrogen-bond donors (Lipinski definition) is 1. The standard InChI is InChI=1S/C36H32N4O3/c1-36-18-21(17-27(33(36)43-3)38(2)35(42)20-11-5-4-6-12-20)39-25-15-9-7-13-22(25)29-30-24(19-37-34(30)41)28-23-14-8-10-16-26(23)40(36)32(28)31(29)39/h4-16,21,27,33H,17-19H2,1-3H3,(H,37,41)/t21-,27+,33+,36-/m0/s1. The Morgan fingerprint density at radius 1 is 0.930 bits per heavy atom. The van der Waals surface area contributed by atoms with Gasteiger partial charge < -0.3 is 24.1 Å². The first-order valence-electron chi connectivity index (χ1n) is 15.1. The lowest BCUT2D eigenvalue weighted by Gasteiger charge is -2.51. The molecule has 43 heavy (non-hydrogen) atoms. The Morgan fingerprint density at radius 2 is 1.60 bits per heavy atom. The van der Waals surface area contributed by atoms with E-state index in [-0.39, 0.29) is 30.0 Å². The summed E-state index contributed by atoms with van der Waals surface area (Å²) < 4.78 is 11.5. The van der Waals surface area contributed by atoms with Crippen molar-refractivity contribution in [2.45, 2.75) is 50.0 Å². The summed E-state index contributed by atoms with van der Waals surface area (Å²) in [5.74, 6) is -0.0102. The number of rotatable bonds is 3. The van der Waals surface area contributed by atoms with Gasteiger partial charge in [0.15, 0.2) is 0 Å². The Morgan fingerprint density at radius 3 is 2.35 bits per heavy atom. The first-order chi connectivity index (χ1) is 20.9. The van der Waals surface area contributed by atoms with Crippen molar-refractivity contribution in [2.24, 2.45) is 0 Å². The molecule has 2 bridgehead atoms. The van der Waals surface area contributed by atoms with Crippen LogP contribution in [0.4, 0.5) is 0 Å². The number of fused-ring (bicyclic) bond motifs is 13. The molecule has 1 fully saturated rings. The van der Waals surface area contributed by atoms with Gasteiger partial charge in [-0.3, -0.25) is 9.59 Å². The second-order valence-electron chi connectivity index (χ2n) is 12.7. The highest BCUT2D eigenvalue weighted by molar-refractivity contribution is 6.31. The number of nitrogens with one attached hydrogen (secondary N) is 1. The van der Waals surface area contributed by atoms with Crippen LogP contribution in [0, 0.1) is 0 Å². The third kappa shape index (κ3) is 2.98. The zero-order valence-corrected chi connectivity index (χ0v) is 24.4. The summed E-state index contributed by atoms with van der Waals surface area (Å²) in [6.45, 7) is 2.82. The van der Waals surface area contributed by atoms with E-state index in [0.29, 0.717) is 12.1 Å². The molecule has 3 aliphatic rings. The molecule has 4 atom stereocenters. The van der Waals surface area contributed by atoms with E-state index in [4.69, 9.17) is 4.74 Å². The molecule has 2 aliphatic heterocycles. The molecule has 4 heterocycles. The lowest BCUT2D eigenvalue weighted by atomic mass is 9.74. The number of ether oxygens (including phenoxy) is 1. The van der Waals surface area contributed by atoms with Gasteiger partial charge >= 0.3 is 0 Å². The average Bonchev–Trinajstić information content (AvgIpc) is 3.68. The van der Waals surface area contributed by atoms with Crippen molar-refractivity contribution in [2.75, 3.05) is 14.2 Å². The predicted octanol–water partition coefficient (Wildman–Crippen LogP) is 6.37. The summed E-state index contributed by atoms with van der Waals surface area (Å²) in [6, 6.07) is 26.5. The zero-order valence-electron chi connectivity index (χ0n) is 24.4. The molecule has 0 spiro atoms. The van der Waals surface area contributed by atoms with E-state index < -0.39 is 5.54 Å². The van der Waals surface area contributed by atoms with E-state index in [1.807, 2.05) is 42.3 Å². The highest BCUT2D eigenvalue weighted by atomic mass is 16.5. The summed E-state index contributed by atoms with van der Waals surface area (Å²) in [5.41, 5.74) is 6.61. The quantitative estimate of drug-likeness (QED) is 0.270. The maximum Gasteiger partial charge on any atom is 0.253 e. The molecule has 1 aliphatic carbocycles. The lowest BCUT2D eigenvalue weighted by molar-refractivity contribution is -0.0774. The summed E-state index contributed by atoms with van der Waals surface area (Å²) >= 11 is 0. The van der Waals surface area contributed by atoms with Gasteiger partial charge in [-0.05, 0) is 49.6 Å². The van der Waals surface area contributed by atoms with Crippen LogP contribution in [-0.4, -0.2) is 52.2 Å². The molecule has 2 amide bonds. The summed E-state index contributed by atoms with van der Waals surface area (Å²) in [7, 11) is 3.71. The van der Waals surface area contributed by atoms with Crippen LogP contribution in [0.1, 0.15) is 52.1 Å². The minimum Gasteiger partial charge on any atom is -0.377 e. The molecule has 9 rings (SSSR count). The number of carbonyl (C=O) groups excluding carboxylic acids is 2. The van der Waals surface area contributed by atoms with Gasteiger partial charge in [-0.2, -0.15) is 0 Å². The Labute approximate surface area is 248 Å². The van der Waals surface area contributed by atoms with Crippen LogP contribution in [0.15, 0.2) is 78.9 Å². The summed E-state index contributed by atoms with van der Waals surface area (Å²) in [6.07, 6.45) is 1.31. The Bertz CT molecular complexity index is 2180. The number of likely N-dealkylation sites (N-methyl/N-ethyl adjacent to an activating group) is 1. The first-order valence-corrected chi connectivity index (χ1v) is 15.1. The maximum atomic E-state index is 13.9. The predicted molar refractivity (Wildman–Crippen MR) is 169 cm³/mol. The van der Waals surface area contributed by atoms with Crippen molar-refractivity contribution in [1.29, 1.82) is 0 Å². The number of para-hydroxylation sites is 2. The molecule has 4 aromatic carbocycles. The van der Waals surface area contributed by atoms with E-state index >= 15 is 0 Å². The SMILES string of the molecule is CO[C@@H]1[C@H](N(C)C(=O)c2ccccc2)C[C@H]2C[C@]1(C)n1c3ccccc3c3c4c(c5c6ccccc6n2c5c31)C(=O)NC4. The molecule has 6 aromatic rings. The van der Waals surface area contributed by atoms with Crippen LogP contribution in [0.25, 0.3) is 43.6 Å². The van der Waals surface area contributed by atoms with Crippen LogP contribution < -0.4 is 5.32 Å². The van der Waals surface area contributed by atoms with Crippen molar-refractivity contribution in [3.8, 4) is 0 Å². The highest BCUT2D eigenvalue weighted by Gasteiger charge is 2.53. The van der Waals surface area contributed by atoms with Crippen molar-refractivity contribution in [3.63, 3.8) is 0 Å². The van der Waals surface area contributed by atoms with Crippen molar-refractivity contribution >= 4 is 55.4 Å². The minimum atomic E-state index is -0.480. The Balaban J connectivity index is 1.43. The second kappa shape index (κ2) is 8.48. The van der Waals surface area contributed by atoms with Gasteiger partial charge in [0.25, 0.3) is 11.8 Å². The number of amides is 2. The average molecular weight is 569 g/mol. The van der Waals surface area contributed by atoms with Crippen LogP contribution in [0.2, 0.25) is 0 Å². The summed E-state index contributed by atoms with van der Waals surface area (Å²) in [4.78, 5) is 29.4. The van der Waals surface area contributed by atoms with Gasteiger partial charge in [-0.1, -0.05) is 54.6 Å². The van der Waals surface area contributed by atoms with E-state index in [2.05, 4.69) is 69.9 Å². The molecule has 0 radical (unpaired) electrons. The molecule has 0 unspecified atom stereocenters. The third-order valence-electron chi connectivity index (χ3n) is 10.6. The molecule has 1 N–H and O–H groups in total. The number of carbonyl (C=O) groups is 2. The van der Waals surface area contributed by atoms with E-state index in [9.17, 15) is 9.59 Å². The van der Waals surface area contributed by atoms with Crippen LogP contribution in [-0.2, 0) is 16.8 Å². The molecular formula is C36H32N4O3. The van der Waals surface area contributed by atoms with Crippen LogP contribution in [0.3, 0.4) is 0 Å². The number of nitrogens with zero attached hydrogens (tertiary/aromatic N) is 3. The summed E-state index contributed by atoms with van der Waals surface area (Å²) in [5, 5.41) is 7.59. The third-order valence-corrected chi connectivity index (χ3v) is 10.6. The number of aromatic nitrogens is 2. The molecular weight excluding hydrogens is 536 g/mol. The zero-order chi connectivity index (χ0) is 29.2. The second-order valence-corrected chi connectivity index (χ2v) is 12.7. The fraction of sp³-hybridized carbons (Fsp3) is 0.278. The lowest BCUT2D eigenvalue weighted by Crippen LogP contribution is -2.60. The topological polar surface area (TPSA) is 68.5 Å². The molecule has 1 saturated carbocycles. The van der Waals surface area contributed by atoms with E-state index in [1.165, 1.54) is 0 Å². The molecule has 7 heteroatoms. The van der Waals surface area contributed by atoms with Gasteiger partial charge in [0.1, 0.15) is 6.10 Å². The minimum absolute atomic E-state index is 0.00380. The fourth-order valence-electron chi connectivity index (χ4n) is 9.00. The van der Waals surface area contributed by atoms with Gasteiger partial charge in [-0.15, -0.1) is 0 Å². The monoisotopic (exact) mass is 568 g/mol. The van der Waals surface area contributed by atoms with Crippen LogP contribution >= 0.6 is 0 Å². The molecule has 0 saturated heterocycles. The smallest absolute Gasteiger partial charge is 0.253 e. The molecule has 2 aromatic heterocycles. The van der Waals surface area contributed by atoms with E-state index in [0.717, 1.165) is 67.6 Å². The largest absolute Gasteiger partial charge is 0.377 e. The van der Waals surface area contributed by atoms with Crippen molar-refractivity contribution in [1.82, 2.24) is 19.4 Å². The van der Waals surface area contributed by atoms with Gasteiger partial charge in [0.05, 0.1) is 28.2 Å². The molecule has 7 nitrogen and oxygen atoms in total. The van der Waals surface area contributed by atoms with Gasteiger partial charge in [0.2, 0.25) is 0 Å². The van der Waals surface area contributed by atoms with Gasteiger partial charge in [0, 0.05) is 64.9 Å². The first kappa shape index (κ1) is 24.9. The maximum absolute atomic E-state index is 13.9. The number of hydrogen-bond acceptors (Lipinski definition) is 3. The Kier molecular flexibility index (Phi) is 4.92. The number of methoxy groups -OCH3 is 1. The van der Waals surface area contributed by atoms with Crippen LogP contribution in [0.5, 0.6) is 0 Å². The number of benzene rings is 4.